The third kappa shape index (κ3) is 6.21. The molecule has 0 heterocycles. The van der Waals surface area contributed by atoms with E-state index in [2.05, 4.69) is 5.32 Å². The number of benzene rings is 1. The highest BCUT2D eigenvalue weighted by Gasteiger charge is 2.16. The van der Waals surface area contributed by atoms with E-state index in [9.17, 15) is 21.9 Å². The number of carbonyl (C=O) groups is 2. The first kappa shape index (κ1) is 18.1. The second kappa shape index (κ2) is 6.87. The van der Waals surface area contributed by atoms with Crippen LogP contribution in [-0.2, 0) is 19.8 Å². The molecule has 0 fully saturated rings. The van der Waals surface area contributed by atoms with Gasteiger partial charge < -0.3 is 10.1 Å². The maximum absolute atomic E-state index is 12.7. The van der Waals surface area contributed by atoms with Crippen molar-refractivity contribution in [1.29, 1.82) is 0 Å². The molecular weight excluding hydrogens is 313 g/mol. The predicted molar refractivity (Wildman–Crippen MR) is 77.5 cm³/mol. The maximum atomic E-state index is 12.7. The summed E-state index contributed by atoms with van der Waals surface area (Å²) in [5, 5.41) is 2.49. The normalized spacial score (nSPS) is 11.8. The van der Waals surface area contributed by atoms with Gasteiger partial charge in [-0.25, -0.2) is 0 Å². The third-order valence-electron chi connectivity index (χ3n) is 2.43. The van der Waals surface area contributed by atoms with Crippen molar-refractivity contribution in [3.05, 3.63) is 29.8 Å². The van der Waals surface area contributed by atoms with E-state index in [1.165, 1.54) is 12.1 Å². The summed E-state index contributed by atoms with van der Waals surface area (Å²) in [6.45, 7) is 5.30. The number of hydrogen-bond donors (Lipinski definition) is 1. The number of carbonyl (C=O) groups excluding carboxylic acids is 2. The zero-order chi connectivity index (χ0) is 17.0. The van der Waals surface area contributed by atoms with Crippen molar-refractivity contribution in [3.8, 4) is 0 Å². The largest absolute Gasteiger partial charge is 0.460 e. The van der Waals surface area contributed by atoms with Crippen molar-refractivity contribution < 1.29 is 26.6 Å². The van der Waals surface area contributed by atoms with Gasteiger partial charge in [-0.15, -0.1) is 3.89 Å². The van der Waals surface area contributed by atoms with Crippen LogP contribution in [0.5, 0.6) is 0 Å². The molecule has 0 saturated heterocycles. The number of hydrogen-bond acceptors (Lipinski definition) is 5. The van der Waals surface area contributed by atoms with Crippen LogP contribution in [0.25, 0.3) is 0 Å². The first-order valence-electron chi connectivity index (χ1n) is 6.54. The van der Waals surface area contributed by atoms with Gasteiger partial charge in [-0.2, -0.15) is 8.42 Å². The summed E-state index contributed by atoms with van der Waals surface area (Å²) >= 11 is 0. The Hall–Kier alpha value is -1.96. The molecule has 0 aliphatic carbocycles. The van der Waals surface area contributed by atoms with Crippen LogP contribution >= 0.6 is 0 Å². The Kier molecular flexibility index (Phi) is 5.65. The van der Waals surface area contributed by atoms with Gasteiger partial charge in [-0.05, 0) is 45.0 Å². The lowest BCUT2D eigenvalue weighted by molar-refractivity contribution is -0.154. The van der Waals surface area contributed by atoms with E-state index >= 15 is 0 Å². The molecule has 0 aromatic heterocycles. The monoisotopic (exact) mass is 331 g/mol. The lowest BCUT2D eigenvalue weighted by Gasteiger charge is -2.19. The van der Waals surface area contributed by atoms with Crippen molar-refractivity contribution in [3.63, 3.8) is 0 Å². The summed E-state index contributed by atoms with van der Waals surface area (Å²) in [5.41, 5.74) is -0.425. The van der Waals surface area contributed by atoms with E-state index in [1.807, 2.05) is 0 Å². The minimum atomic E-state index is -4.78. The van der Waals surface area contributed by atoms with Gasteiger partial charge in [-0.1, -0.05) is 0 Å². The average molecular weight is 331 g/mol. The van der Waals surface area contributed by atoms with E-state index in [4.69, 9.17) is 4.74 Å². The Bertz CT molecular complexity index is 647. The van der Waals surface area contributed by atoms with Crippen LogP contribution in [0.3, 0.4) is 0 Å². The van der Waals surface area contributed by atoms with Gasteiger partial charge in [0.15, 0.2) is 0 Å². The first-order valence-corrected chi connectivity index (χ1v) is 7.92. The number of ether oxygens (including phenoxy) is 1. The van der Waals surface area contributed by atoms with Crippen LogP contribution < -0.4 is 5.32 Å². The smallest absolute Gasteiger partial charge is 0.332 e. The molecule has 0 aliphatic heterocycles. The van der Waals surface area contributed by atoms with Crippen LogP contribution in [0.2, 0.25) is 0 Å². The van der Waals surface area contributed by atoms with Crippen molar-refractivity contribution in [2.75, 3.05) is 6.54 Å². The minimum absolute atomic E-state index is 0.0138. The highest BCUT2D eigenvalue weighted by atomic mass is 32.3. The van der Waals surface area contributed by atoms with Gasteiger partial charge in [0.2, 0.25) is 0 Å². The molecule has 1 rings (SSSR count). The van der Waals surface area contributed by atoms with E-state index in [1.54, 1.807) is 20.8 Å². The third-order valence-corrected chi connectivity index (χ3v) is 3.27. The van der Waals surface area contributed by atoms with Gasteiger partial charge in [0.05, 0.1) is 11.3 Å². The SMILES string of the molecule is CC(C)(C)OC(=O)CCNC(=O)c1ccc(S(=O)(=O)F)cc1. The number of rotatable bonds is 5. The molecule has 0 radical (unpaired) electrons. The summed E-state index contributed by atoms with van der Waals surface area (Å²) < 4.78 is 39.1. The Balaban J connectivity index is 2.51. The Morgan fingerprint density at radius 1 is 1.18 bits per heavy atom. The van der Waals surface area contributed by atoms with E-state index in [0.29, 0.717) is 0 Å². The minimum Gasteiger partial charge on any atom is -0.460 e. The number of amides is 1. The average Bonchev–Trinajstić information content (AvgIpc) is 2.35. The number of esters is 1. The fourth-order valence-electron chi connectivity index (χ4n) is 1.54. The van der Waals surface area contributed by atoms with Crippen LogP contribution in [0.1, 0.15) is 37.6 Å². The standard InChI is InChI=1S/C14H18FNO5S/c1-14(2,3)21-12(17)8-9-16-13(18)10-4-6-11(7-5-10)22(15,19)20/h4-7H,8-9H2,1-3H3,(H,16,18). The lowest BCUT2D eigenvalue weighted by atomic mass is 10.2. The van der Waals surface area contributed by atoms with Crippen molar-refractivity contribution in [2.45, 2.75) is 37.7 Å². The molecule has 1 N–H and O–H groups in total. The summed E-state index contributed by atoms with van der Waals surface area (Å²) in [6.07, 6.45) is 0.0138. The van der Waals surface area contributed by atoms with Crippen LogP contribution in [0, 0.1) is 0 Å². The maximum Gasteiger partial charge on any atom is 0.332 e. The molecule has 0 unspecified atom stereocenters. The second-order valence-corrected chi connectivity index (χ2v) is 6.90. The quantitative estimate of drug-likeness (QED) is 0.656. The molecule has 8 heteroatoms. The zero-order valence-electron chi connectivity index (χ0n) is 12.6. The van der Waals surface area contributed by atoms with Gasteiger partial charge in [0.1, 0.15) is 5.60 Å². The van der Waals surface area contributed by atoms with Gasteiger partial charge in [0.25, 0.3) is 5.91 Å². The van der Waals surface area contributed by atoms with Crippen molar-refractivity contribution >= 4 is 22.1 Å². The van der Waals surface area contributed by atoms with Crippen LogP contribution in [0.4, 0.5) is 3.89 Å². The highest BCUT2D eigenvalue weighted by Crippen LogP contribution is 2.13. The van der Waals surface area contributed by atoms with Gasteiger partial charge >= 0.3 is 16.2 Å². The number of nitrogens with one attached hydrogen (secondary N) is 1. The van der Waals surface area contributed by atoms with Gasteiger partial charge in [0, 0.05) is 12.1 Å². The fourth-order valence-corrected chi connectivity index (χ4v) is 2.00. The Labute approximate surface area is 128 Å². The molecular formula is C14H18FNO5S. The highest BCUT2D eigenvalue weighted by molar-refractivity contribution is 7.86. The van der Waals surface area contributed by atoms with E-state index in [0.717, 1.165) is 12.1 Å². The molecule has 1 aromatic rings. The summed E-state index contributed by atoms with van der Waals surface area (Å²) in [5.74, 6) is -0.932. The molecule has 0 saturated carbocycles. The van der Waals surface area contributed by atoms with Crippen LogP contribution in [-0.4, -0.2) is 32.4 Å². The molecule has 0 atom stereocenters. The summed E-state index contributed by atoms with van der Waals surface area (Å²) in [4.78, 5) is 22.7. The first-order chi connectivity index (χ1) is 9.99. The molecule has 0 bridgehead atoms. The number of halogens is 1. The predicted octanol–water partition coefficient (Wildman–Crippen LogP) is 1.81. The fraction of sp³-hybridized carbons (Fsp3) is 0.429. The van der Waals surface area contributed by atoms with Crippen LogP contribution in [0.15, 0.2) is 29.2 Å². The second-order valence-electron chi connectivity index (χ2n) is 5.55. The van der Waals surface area contributed by atoms with Crippen molar-refractivity contribution in [2.24, 2.45) is 0 Å². The van der Waals surface area contributed by atoms with Gasteiger partial charge in [-0.3, -0.25) is 9.59 Å². The Morgan fingerprint density at radius 3 is 2.18 bits per heavy atom. The molecule has 0 aliphatic rings. The molecule has 6 nitrogen and oxygen atoms in total. The Morgan fingerprint density at radius 2 is 1.73 bits per heavy atom. The topological polar surface area (TPSA) is 89.5 Å². The zero-order valence-corrected chi connectivity index (χ0v) is 13.4. The van der Waals surface area contributed by atoms with E-state index in [-0.39, 0.29) is 18.5 Å². The molecule has 122 valence electrons. The van der Waals surface area contributed by atoms with Crippen molar-refractivity contribution in [1.82, 2.24) is 5.32 Å². The molecule has 1 aromatic carbocycles. The summed E-state index contributed by atoms with van der Waals surface area (Å²) in [7, 11) is -4.78. The van der Waals surface area contributed by atoms with E-state index < -0.39 is 32.6 Å². The molecule has 0 spiro atoms. The molecule has 22 heavy (non-hydrogen) atoms. The molecule has 1 amide bonds. The lowest BCUT2D eigenvalue weighted by Crippen LogP contribution is -2.29. The summed E-state index contributed by atoms with van der Waals surface area (Å²) in [6, 6.07) is 4.38.